The summed E-state index contributed by atoms with van der Waals surface area (Å²) >= 11 is 0. The topological polar surface area (TPSA) is 68.3 Å². The van der Waals surface area contributed by atoms with Crippen LogP contribution in [0.2, 0.25) is 0 Å². The third-order valence-corrected chi connectivity index (χ3v) is 5.39. The monoisotopic (exact) mass is 466 g/mol. The van der Waals surface area contributed by atoms with Gasteiger partial charge in [0.25, 0.3) is 0 Å². The van der Waals surface area contributed by atoms with E-state index in [2.05, 4.69) is 4.90 Å². The highest BCUT2D eigenvalue weighted by Gasteiger charge is 2.35. The molecule has 0 spiro atoms. The Labute approximate surface area is 189 Å². The molecule has 33 heavy (non-hydrogen) atoms. The number of halogens is 3. The van der Waals surface area contributed by atoms with Gasteiger partial charge in [0.05, 0.1) is 31.0 Å². The molecule has 3 rings (SSSR count). The number of alkyl halides is 3. The van der Waals surface area contributed by atoms with E-state index in [9.17, 15) is 22.8 Å². The van der Waals surface area contributed by atoms with Gasteiger partial charge in [0, 0.05) is 19.3 Å². The molecule has 0 N–H and O–H groups in total. The van der Waals surface area contributed by atoms with Crippen LogP contribution in [0, 0.1) is 0 Å². The SMILES string of the molecule is COC(=O)C1=C(C(=O)OC)N(c2cc(C(F)(F)F)ccc2OC2CCN(C)CC2)C=CC=C1. The van der Waals surface area contributed by atoms with Gasteiger partial charge in [-0.25, -0.2) is 9.59 Å². The van der Waals surface area contributed by atoms with Gasteiger partial charge in [-0.2, -0.15) is 13.2 Å². The predicted octanol–water partition coefficient (Wildman–Crippen LogP) is 3.67. The molecular formula is C23H25F3N2O5. The summed E-state index contributed by atoms with van der Waals surface area (Å²) in [7, 11) is 4.24. The lowest BCUT2D eigenvalue weighted by Crippen LogP contribution is -2.36. The van der Waals surface area contributed by atoms with Crippen LogP contribution < -0.4 is 9.64 Å². The summed E-state index contributed by atoms with van der Waals surface area (Å²) in [6, 6.07) is 3.05. The number of rotatable bonds is 5. The zero-order valence-electron chi connectivity index (χ0n) is 18.5. The van der Waals surface area contributed by atoms with E-state index >= 15 is 0 Å². The van der Waals surface area contributed by atoms with E-state index in [4.69, 9.17) is 14.2 Å². The zero-order valence-corrected chi connectivity index (χ0v) is 18.5. The minimum absolute atomic E-state index is 0.0505. The van der Waals surface area contributed by atoms with Crippen molar-refractivity contribution in [3.05, 3.63) is 59.5 Å². The van der Waals surface area contributed by atoms with E-state index in [1.807, 2.05) is 7.05 Å². The fraction of sp³-hybridized carbons (Fsp3) is 0.391. The van der Waals surface area contributed by atoms with Crippen LogP contribution in [0.1, 0.15) is 18.4 Å². The molecule has 1 aromatic carbocycles. The maximum absolute atomic E-state index is 13.6. The molecule has 0 radical (unpaired) electrons. The van der Waals surface area contributed by atoms with E-state index in [1.165, 1.54) is 30.5 Å². The minimum atomic E-state index is -4.63. The molecule has 0 atom stereocenters. The van der Waals surface area contributed by atoms with Crippen LogP contribution in [-0.2, 0) is 25.2 Å². The van der Waals surface area contributed by atoms with Crippen molar-refractivity contribution < 1.29 is 37.0 Å². The summed E-state index contributed by atoms with van der Waals surface area (Å²) in [5, 5.41) is 0. The van der Waals surface area contributed by atoms with Crippen molar-refractivity contribution in [1.82, 2.24) is 4.90 Å². The summed E-state index contributed by atoms with van der Waals surface area (Å²) in [5.41, 5.74) is -1.44. The smallest absolute Gasteiger partial charge is 0.416 e. The van der Waals surface area contributed by atoms with Crippen molar-refractivity contribution in [1.29, 1.82) is 0 Å². The maximum atomic E-state index is 13.6. The van der Waals surface area contributed by atoms with Gasteiger partial charge >= 0.3 is 18.1 Å². The van der Waals surface area contributed by atoms with Crippen molar-refractivity contribution in [3.63, 3.8) is 0 Å². The highest BCUT2D eigenvalue weighted by atomic mass is 19.4. The second kappa shape index (κ2) is 10.1. The lowest BCUT2D eigenvalue weighted by atomic mass is 10.1. The van der Waals surface area contributed by atoms with Crippen LogP contribution in [0.5, 0.6) is 5.75 Å². The first-order valence-corrected chi connectivity index (χ1v) is 10.3. The highest BCUT2D eigenvalue weighted by molar-refractivity contribution is 6.05. The Hall–Kier alpha value is -3.27. The third kappa shape index (κ3) is 5.57. The lowest BCUT2D eigenvalue weighted by Gasteiger charge is -2.31. The number of likely N-dealkylation sites (tertiary alicyclic amines) is 1. The van der Waals surface area contributed by atoms with E-state index in [0.717, 1.165) is 44.3 Å². The van der Waals surface area contributed by atoms with E-state index in [-0.39, 0.29) is 28.8 Å². The summed E-state index contributed by atoms with van der Waals surface area (Å²) in [6.07, 6.45) is 2.21. The standard InChI is InChI=1S/C23H25F3N2O5/c1-27-12-9-16(10-13-27)33-19-8-7-15(23(24,25)26)14-18(19)28-11-5-4-6-17(21(29)31-2)20(28)22(30)32-3/h4-8,11,14,16H,9-10,12-13H2,1-3H3. The quantitative estimate of drug-likeness (QED) is 0.614. The number of carbonyl (C=O) groups excluding carboxylic acids is 2. The molecule has 0 aliphatic carbocycles. The molecule has 1 fully saturated rings. The second-order valence-electron chi connectivity index (χ2n) is 7.62. The first kappa shape index (κ1) is 24.4. The summed E-state index contributed by atoms with van der Waals surface area (Å²) in [4.78, 5) is 28.4. The number of allylic oxidation sites excluding steroid dienone is 2. The predicted molar refractivity (Wildman–Crippen MR) is 114 cm³/mol. The molecule has 2 aliphatic heterocycles. The van der Waals surface area contributed by atoms with Crippen molar-refractivity contribution in [2.45, 2.75) is 25.1 Å². The molecule has 178 valence electrons. The van der Waals surface area contributed by atoms with Crippen molar-refractivity contribution in [2.24, 2.45) is 0 Å². The van der Waals surface area contributed by atoms with E-state index < -0.39 is 23.7 Å². The molecule has 2 heterocycles. The highest BCUT2D eigenvalue weighted by Crippen LogP contribution is 2.40. The molecule has 0 amide bonds. The zero-order chi connectivity index (χ0) is 24.2. The van der Waals surface area contributed by atoms with Gasteiger partial charge in [0.15, 0.2) is 0 Å². The van der Waals surface area contributed by atoms with Gasteiger partial charge in [-0.15, -0.1) is 0 Å². The lowest BCUT2D eigenvalue weighted by molar-refractivity contribution is -0.139. The molecule has 1 saturated heterocycles. The average Bonchev–Trinajstić information content (AvgIpc) is 3.02. The van der Waals surface area contributed by atoms with Gasteiger partial charge < -0.3 is 24.0 Å². The Morgan fingerprint density at radius 2 is 1.70 bits per heavy atom. The average molecular weight is 466 g/mol. The Morgan fingerprint density at radius 3 is 2.30 bits per heavy atom. The third-order valence-electron chi connectivity index (χ3n) is 5.39. The van der Waals surface area contributed by atoms with Crippen molar-refractivity contribution >= 4 is 17.6 Å². The molecule has 0 unspecified atom stereocenters. The maximum Gasteiger partial charge on any atom is 0.416 e. The fourth-order valence-electron chi connectivity index (χ4n) is 3.62. The first-order chi connectivity index (χ1) is 15.7. The molecule has 1 aromatic rings. The molecule has 10 heteroatoms. The van der Waals surface area contributed by atoms with Crippen molar-refractivity contribution in [2.75, 3.05) is 39.3 Å². The number of benzene rings is 1. The minimum Gasteiger partial charge on any atom is -0.488 e. The number of nitrogens with zero attached hydrogens (tertiary/aromatic N) is 2. The van der Waals surface area contributed by atoms with Gasteiger partial charge in [0.1, 0.15) is 17.6 Å². The number of hydrogen-bond donors (Lipinski definition) is 0. The van der Waals surface area contributed by atoms with Crippen molar-refractivity contribution in [3.8, 4) is 5.75 Å². The number of esters is 2. The summed E-state index contributed by atoms with van der Waals surface area (Å²) in [5.74, 6) is -1.62. The number of ether oxygens (including phenoxy) is 3. The molecular weight excluding hydrogens is 441 g/mol. The number of hydrogen-bond acceptors (Lipinski definition) is 7. The Kier molecular flexibility index (Phi) is 7.47. The fourth-order valence-corrected chi connectivity index (χ4v) is 3.62. The van der Waals surface area contributed by atoms with Crippen LogP contribution in [0.15, 0.2) is 53.9 Å². The number of carbonyl (C=O) groups is 2. The Balaban J connectivity index is 2.15. The number of methoxy groups -OCH3 is 2. The number of anilines is 1. The van der Waals surface area contributed by atoms with Crippen LogP contribution >= 0.6 is 0 Å². The summed E-state index contributed by atoms with van der Waals surface area (Å²) < 4.78 is 56.4. The first-order valence-electron chi connectivity index (χ1n) is 10.3. The van der Waals surface area contributed by atoms with Crippen LogP contribution in [-0.4, -0.2) is 57.3 Å². The summed E-state index contributed by atoms with van der Waals surface area (Å²) in [6.45, 7) is 1.57. The van der Waals surface area contributed by atoms with E-state index in [0.29, 0.717) is 12.8 Å². The largest absolute Gasteiger partial charge is 0.488 e. The van der Waals surface area contributed by atoms with Crippen LogP contribution in [0.25, 0.3) is 0 Å². The van der Waals surface area contributed by atoms with E-state index in [1.54, 1.807) is 0 Å². The Bertz CT molecular complexity index is 992. The number of piperidine rings is 1. The van der Waals surface area contributed by atoms with Gasteiger partial charge in [-0.1, -0.05) is 6.08 Å². The van der Waals surface area contributed by atoms with Crippen LogP contribution in [0.4, 0.5) is 18.9 Å². The molecule has 0 saturated carbocycles. The molecule has 2 aliphatic rings. The van der Waals surface area contributed by atoms with Gasteiger partial charge in [-0.05, 0) is 50.2 Å². The van der Waals surface area contributed by atoms with Gasteiger partial charge in [0.2, 0.25) is 0 Å². The molecule has 0 aromatic heterocycles. The Morgan fingerprint density at radius 1 is 1.03 bits per heavy atom. The van der Waals surface area contributed by atoms with Gasteiger partial charge in [-0.3, -0.25) is 0 Å². The molecule has 0 bridgehead atoms. The van der Waals surface area contributed by atoms with Crippen LogP contribution in [0.3, 0.4) is 0 Å². The molecule has 7 nitrogen and oxygen atoms in total. The normalized spacial score (nSPS) is 17.7. The second-order valence-corrected chi connectivity index (χ2v) is 7.62.